The molecule has 23 heteroatoms. The van der Waals surface area contributed by atoms with Crippen LogP contribution in [0.5, 0.6) is 11.5 Å². The lowest BCUT2D eigenvalue weighted by molar-refractivity contribution is -0.112. The molecular weight excluding hydrogens is 1110 g/mol. The minimum Gasteiger partial charge on any atom is -0.496 e. The van der Waals surface area contributed by atoms with Crippen LogP contribution in [-0.4, -0.2) is 163 Å². The number of amides is 2. The van der Waals surface area contributed by atoms with E-state index >= 15 is 0 Å². The minimum atomic E-state index is -3.67. The second kappa shape index (κ2) is 31.7. The van der Waals surface area contributed by atoms with E-state index < -0.39 is 10.1 Å². The zero-order valence-corrected chi connectivity index (χ0v) is 52.6. The zero-order valence-electron chi connectivity index (χ0n) is 51.8. The van der Waals surface area contributed by atoms with E-state index in [-0.39, 0.29) is 23.9 Å². The SMILES string of the molecule is C=CC(=O)Nc1cc(Cc2nccc(-c3nn(C(C)C)c4ccccc34)n2)c(OC)cc1N(C)CCN(C)C.C=CC(=O)Nc1cc(Cc2nccc(-c3nn(C(C)C)c4ccccc34)n2)c(OC)cc1N(C)CCN(C)C.CC#N.CS(=O)(=O)O. The molecule has 456 valence electrons. The number of likely N-dealkylation sites (N-methyl/N-ethyl adjacent to an activating group) is 4. The van der Waals surface area contributed by atoms with Crippen LogP contribution < -0.4 is 29.9 Å². The molecule has 0 fully saturated rings. The number of benzene rings is 4. The molecule has 4 aromatic heterocycles. The van der Waals surface area contributed by atoms with Crippen molar-refractivity contribution < 1.29 is 32.0 Å². The van der Waals surface area contributed by atoms with Crippen LogP contribution in [0.3, 0.4) is 0 Å². The quantitative estimate of drug-likeness (QED) is 0.0421. The average molecular weight is 1190 g/mol. The first-order valence-electron chi connectivity index (χ1n) is 27.7. The van der Waals surface area contributed by atoms with Gasteiger partial charge >= 0.3 is 0 Å². The Morgan fingerprint density at radius 2 is 1.00 bits per heavy atom. The van der Waals surface area contributed by atoms with E-state index in [0.717, 1.165) is 93.3 Å². The molecule has 3 N–H and O–H groups in total. The van der Waals surface area contributed by atoms with Crippen molar-refractivity contribution in [3.8, 4) is 40.3 Å². The Labute approximate surface area is 505 Å². The van der Waals surface area contributed by atoms with Crippen molar-refractivity contribution in [2.24, 2.45) is 0 Å². The summed E-state index contributed by atoms with van der Waals surface area (Å²) in [6.45, 7) is 20.4. The number of nitriles is 1. The number of carbonyl (C=O) groups is 2. The lowest BCUT2D eigenvalue weighted by Crippen LogP contribution is -2.29. The van der Waals surface area contributed by atoms with Gasteiger partial charge in [-0.3, -0.25) is 23.5 Å². The number of hydrogen-bond acceptors (Lipinski definition) is 17. The summed E-state index contributed by atoms with van der Waals surface area (Å²) in [5.74, 6) is 2.09. The summed E-state index contributed by atoms with van der Waals surface area (Å²) in [7, 11) is 11.7. The highest BCUT2D eigenvalue weighted by Gasteiger charge is 2.22. The zero-order chi connectivity index (χ0) is 63.4. The first-order chi connectivity index (χ1) is 40.8. The summed E-state index contributed by atoms with van der Waals surface area (Å²) in [6, 6.07) is 30.1. The number of aromatic nitrogens is 8. The van der Waals surface area contributed by atoms with Crippen LogP contribution in [0.4, 0.5) is 22.7 Å². The molecule has 0 radical (unpaired) electrons. The van der Waals surface area contributed by atoms with Gasteiger partial charge in [0.2, 0.25) is 11.8 Å². The van der Waals surface area contributed by atoms with E-state index in [9.17, 15) is 18.0 Å². The summed E-state index contributed by atoms with van der Waals surface area (Å²) < 4.78 is 41.5. The molecule has 4 heterocycles. The molecule has 2 amide bonds. The van der Waals surface area contributed by atoms with E-state index in [4.69, 9.17) is 39.5 Å². The van der Waals surface area contributed by atoms with E-state index in [0.29, 0.717) is 53.6 Å². The van der Waals surface area contributed by atoms with E-state index in [1.807, 2.05) is 112 Å². The van der Waals surface area contributed by atoms with E-state index in [1.54, 1.807) is 32.7 Å². The molecule has 4 aromatic carbocycles. The molecule has 8 rings (SSSR count). The van der Waals surface area contributed by atoms with Crippen LogP contribution in [0.15, 0.2) is 123 Å². The highest BCUT2D eigenvalue weighted by Crippen LogP contribution is 2.37. The molecule has 22 nitrogen and oxygen atoms in total. The maximum atomic E-state index is 12.3. The lowest BCUT2D eigenvalue weighted by Gasteiger charge is -2.25. The summed E-state index contributed by atoms with van der Waals surface area (Å²) in [6.07, 6.45) is 7.60. The fourth-order valence-corrected chi connectivity index (χ4v) is 8.94. The van der Waals surface area contributed by atoms with Crippen molar-refractivity contribution in [2.45, 2.75) is 59.5 Å². The Bertz CT molecular complexity index is 3550. The Balaban J connectivity index is 0.000000279. The molecule has 8 aromatic rings. The van der Waals surface area contributed by atoms with Crippen LogP contribution in [-0.2, 0) is 32.5 Å². The van der Waals surface area contributed by atoms with E-state index in [2.05, 4.69) is 105 Å². The van der Waals surface area contributed by atoms with Gasteiger partial charge in [-0.05, 0) is 104 Å². The van der Waals surface area contributed by atoms with Gasteiger partial charge in [0.15, 0.2) is 0 Å². The maximum Gasteiger partial charge on any atom is 0.261 e. The molecule has 0 bridgehead atoms. The van der Waals surface area contributed by atoms with Crippen molar-refractivity contribution in [3.63, 3.8) is 0 Å². The highest BCUT2D eigenvalue weighted by atomic mass is 32.2. The normalized spacial score (nSPS) is 11.0. The number of fused-ring (bicyclic) bond motifs is 2. The predicted octanol–water partition coefficient (Wildman–Crippen LogP) is 9.63. The van der Waals surface area contributed by atoms with Crippen LogP contribution in [0.25, 0.3) is 44.6 Å². The molecule has 0 unspecified atom stereocenters. The van der Waals surface area contributed by atoms with Gasteiger partial charge in [-0.15, -0.1) is 0 Å². The number of carbonyl (C=O) groups excluding carboxylic acids is 2. The monoisotopic (exact) mass is 1190 g/mol. The lowest BCUT2D eigenvalue weighted by atomic mass is 10.1. The molecule has 0 aliphatic heterocycles. The van der Waals surface area contributed by atoms with Crippen LogP contribution in [0.2, 0.25) is 0 Å². The molecular formula is C63H81N15O7S. The smallest absolute Gasteiger partial charge is 0.261 e. The fraction of sp³-hybridized carbons (Fsp3) is 0.349. The van der Waals surface area contributed by atoms with Gasteiger partial charge < -0.3 is 39.7 Å². The van der Waals surface area contributed by atoms with Crippen molar-refractivity contribution in [2.75, 3.05) is 109 Å². The molecule has 0 saturated carbocycles. The average Bonchev–Trinajstić information content (AvgIpc) is 1.72. The van der Waals surface area contributed by atoms with Gasteiger partial charge in [0.1, 0.15) is 34.5 Å². The second-order valence-corrected chi connectivity index (χ2v) is 22.5. The molecule has 0 atom stereocenters. The summed E-state index contributed by atoms with van der Waals surface area (Å²) in [5.41, 5.74) is 10.1. The minimum absolute atomic E-state index is 0.216. The number of methoxy groups -OCH3 is 2. The molecule has 0 aliphatic carbocycles. The number of nitrogens with zero attached hydrogens (tertiary/aromatic N) is 13. The molecule has 0 aliphatic rings. The van der Waals surface area contributed by atoms with Gasteiger partial charge in [-0.2, -0.15) is 23.9 Å². The van der Waals surface area contributed by atoms with Gasteiger partial charge in [0, 0.05) is 119 Å². The third-order valence-corrected chi connectivity index (χ3v) is 13.1. The Hall–Kier alpha value is -9.08. The van der Waals surface area contributed by atoms with Gasteiger partial charge in [0.05, 0.1) is 71.7 Å². The van der Waals surface area contributed by atoms with Crippen molar-refractivity contribution in [1.82, 2.24) is 49.3 Å². The van der Waals surface area contributed by atoms with Gasteiger partial charge in [0.25, 0.3) is 10.1 Å². The predicted molar refractivity (Wildman–Crippen MR) is 344 cm³/mol. The maximum absolute atomic E-state index is 12.3. The summed E-state index contributed by atoms with van der Waals surface area (Å²) in [4.78, 5) is 51.9. The second-order valence-electron chi connectivity index (χ2n) is 21.0. The number of nitrogens with one attached hydrogen (secondary N) is 2. The highest BCUT2D eigenvalue weighted by molar-refractivity contribution is 7.85. The van der Waals surface area contributed by atoms with Crippen LogP contribution in [0.1, 0.15) is 69.5 Å². The number of rotatable bonds is 22. The molecule has 0 spiro atoms. The third-order valence-electron chi connectivity index (χ3n) is 13.1. The number of anilines is 4. The van der Waals surface area contributed by atoms with Crippen LogP contribution in [0, 0.1) is 11.3 Å². The summed E-state index contributed by atoms with van der Waals surface area (Å²) >= 11 is 0. The first-order valence-corrected chi connectivity index (χ1v) is 29.5. The first kappa shape index (κ1) is 67.7. The fourth-order valence-electron chi connectivity index (χ4n) is 8.94. The Morgan fingerprint density at radius 3 is 1.31 bits per heavy atom. The number of hydrogen-bond donors (Lipinski definition) is 3. The topological polar surface area (TPSA) is 255 Å². The Kier molecular flexibility index (Phi) is 25.0. The number of para-hydroxylation sites is 2. The van der Waals surface area contributed by atoms with Crippen molar-refractivity contribution in [1.29, 1.82) is 5.26 Å². The van der Waals surface area contributed by atoms with E-state index in [1.165, 1.54) is 19.1 Å². The molecule has 86 heavy (non-hydrogen) atoms. The third kappa shape index (κ3) is 19.0. The summed E-state index contributed by atoms with van der Waals surface area (Å²) in [5, 5.41) is 25.1. The van der Waals surface area contributed by atoms with Gasteiger partial charge in [-0.25, -0.2) is 19.9 Å². The van der Waals surface area contributed by atoms with Gasteiger partial charge in [-0.1, -0.05) is 49.6 Å². The standard InChI is InChI=1S/2C30H37N7O2.C2H3N.CH4O3S/c2*1-8-29(38)33-24-17-21(27(39-7)19-26(24)36(6)16-15-35(4)5)18-28-31-14-13-23(32-28)30-22-11-9-10-12-25(22)37(34-30)20(2)3;1-2-3;1-5(2,3)4/h2*8-14,17,19-20H,1,15-16,18H2,2-7H3,(H,33,38);1H3;1H3,(H,2,3,4). The van der Waals surface area contributed by atoms with Crippen molar-refractivity contribution >= 4 is 66.5 Å². The van der Waals surface area contributed by atoms with Crippen LogP contribution >= 0.6 is 0 Å². The molecule has 0 saturated heterocycles. The Morgan fingerprint density at radius 1 is 0.651 bits per heavy atom. The van der Waals surface area contributed by atoms with Crippen molar-refractivity contribution in [3.05, 3.63) is 145 Å². The largest absolute Gasteiger partial charge is 0.496 e. The number of ether oxygens (including phenoxy) is 2.